The predicted molar refractivity (Wildman–Crippen MR) is 108 cm³/mol. The van der Waals surface area contributed by atoms with Crippen LogP contribution >= 0.6 is 0 Å². The van der Waals surface area contributed by atoms with Crippen molar-refractivity contribution in [3.63, 3.8) is 0 Å². The summed E-state index contributed by atoms with van der Waals surface area (Å²) in [6.07, 6.45) is 2.49. The Hall–Kier alpha value is -2.99. The second-order valence-electron chi connectivity index (χ2n) is 6.15. The summed E-state index contributed by atoms with van der Waals surface area (Å²) >= 11 is 0. The van der Waals surface area contributed by atoms with Crippen molar-refractivity contribution in [1.82, 2.24) is 15.0 Å². The number of H-pyrrole nitrogens is 1. The Morgan fingerprint density at radius 3 is 2.53 bits per heavy atom. The van der Waals surface area contributed by atoms with Gasteiger partial charge in [0.2, 0.25) is 0 Å². The summed E-state index contributed by atoms with van der Waals surface area (Å²) in [6, 6.07) is 4.18. The lowest BCUT2D eigenvalue weighted by Crippen LogP contribution is -2.09. The second kappa shape index (κ2) is 8.40. The fourth-order valence-corrected chi connectivity index (χ4v) is 4.73. The molecule has 0 radical (unpaired) electrons. The number of ether oxygens (including phenoxy) is 3. The maximum atomic E-state index is 12.9. The van der Waals surface area contributed by atoms with Gasteiger partial charge in [-0.2, -0.15) is 0 Å². The zero-order valence-corrected chi connectivity index (χ0v) is 18.2. The lowest BCUT2D eigenvalue weighted by atomic mass is 10.2. The lowest BCUT2D eigenvalue weighted by Gasteiger charge is -2.10. The average Bonchev–Trinajstić information content (AvgIpc) is 3.14. The normalized spacial score (nSPS) is 12.5. The summed E-state index contributed by atoms with van der Waals surface area (Å²) in [5, 5.41) is 0.0955. The Morgan fingerprint density at radius 2 is 1.93 bits per heavy atom. The van der Waals surface area contributed by atoms with Gasteiger partial charge < -0.3 is 19.2 Å². The number of nitrogens with zero attached hydrogens (tertiary/aromatic N) is 2. The van der Waals surface area contributed by atoms with E-state index >= 15 is 0 Å². The van der Waals surface area contributed by atoms with Crippen LogP contribution in [0.25, 0.3) is 11.0 Å². The number of sulfone groups is 1. The molecule has 1 atom stereocenters. The number of aromatic amines is 1. The number of benzene rings is 1. The van der Waals surface area contributed by atoms with Crippen molar-refractivity contribution < 1.29 is 31.6 Å². The van der Waals surface area contributed by atoms with Crippen LogP contribution in [-0.2, 0) is 31.1 Å². The number of pyridine rings is 1. The highest BCUT2D eigenvalue weighted by Gasteiger charge is 2.23. The van der Waals surface area contributed by atoms with E-state index in [1.165, 1.54) is 32.5 Å². The van der Waals surface area contributed by atoms with Crippen LogP contribution in [0.2, 0.25) is 0 Å². The monoisotopic (exact) mass is 453 g/mol. The molecule has 1 N–H and O–H groups in total. The van der Waals surface area contributed by atoms with Gasteiger partial charge in [-0.25, -0.2) is 18.2 Å². The largest absolute Gasteiger partial charge is 0.493 e. The number of carbonyl (C=O) groups excluding carboxylic acids is 1. The lowest BCUT2D eigenvalue weighted by molar-refractivity contribution is 0.0596. The molecule has 2 aromatic heterocycles. The van der Waals surface area contributed by atoms with Crippen molar-refractivity contribution in [2.45, 2.75) is 15.8 Å². The van der Waals surface area contributed by atoms with Crippen molar-refractivity contribution in [3.05, 3.63) is 35.7 Å². The smallest absolute Gasteiger partial charge is 0.339 e. The summed E-state index contributed by atoms with van der Waals surface area (Å²) in [5.74, 6) is -0.0297. The molecule has 12 heteroatoms. The molecular weight excluding hydrogens is 434 g/mol. The predicted octanol–water partition coefficient (Wildman–Crippen LogP) is 1.47. The van der Waals surface area contributed by atoms with Crippen molar-refractivity contribution in [3.8, 4) is 11.5 Å². The maximum Gasteiger partial charge on any atom is 0.339 e. The van der Waals surface area contributed by atoms with E-state index in [-0.39, 0.29) is 26.9 Å². The third-order valence-corrected chi connectivity index (χ3v) is 6.51. The first-order valence-corrected chi connectivity index (χ1v) is 11.7. The first-order chi connectivity index (χ1) is 14.2. The number of carbonyl (C=O) groups is 1. The van der Waals surface area contributed by atoms with Crippen LogP contribution in [0.4, 0.5) is 0 Å². The highest BCUT2D eigenvalue weighted by Crippen LogP contribution is 2.31. The summed E-state index contributed by atoms with van der Waals surface area (Å²) in [5.41, 5.74) is 0.851. The van der Waals surface area contributed by atoms with Crippen molar-refractivity contribution in [2.75, 3.05) is 27.6 Å². The molecule has 0 saturated carbocycles. The van der Waals surface area contributed by atoms with E-state index in [2.05, 4.69) is 19.7 Å². The number of fused-ring (bicyclic) bond motifs is 1. The topological polar surface area (TPSA) is 138 Å². The molecule has 3 aromatic rings. The molecule has 3 rings (SSSR count). The molecule has 1 unspecified atom stereocenters. The molecule has 0 aliphatic heterocycles. The van der Waals surface area contributed by atoms with Crippen LogP contribution in [0.5, 0.6) is 11.5 Å². The number of hydrogen-bond acceptors (Lipinski definition) is 9. The fourth-order valence-electron chi connectivity index (χ4n) is 2.84. The van der Waals surface area contributed by atoms with Crippen molar-refractivity contribution in [1.29, 1.82) is 0 Å². The third-order valence-electron chi connectivity index (χ3n) is 4.22. The molecule has 0 aliphatic rings. The standard InChI is InChI=1S/C18H19N3O7S2/c1-26-14-5-6-19-13(16(14)27-2)9-29(23)18-20-11-7-10(17(22)28-3)15(30(4,24)25)8-12(11)21-18/h5-8H,9H2,1-4H3,(H,20,21). The Labute approximate surface area is 175 Å². The van der Waals surface area contributed by atoms with Gasteiger partial charge in [-0.1, -0.05) is 0 Å². The number of esters is 1. The van der Waals surface area contributed by atoms with E-state index in [9.17, 15) is 17.4 Å². The van der Waals surface area contributed by atoms with Gasteiger partial charge in [0.1, 0.15) is 0 Å². The van der Waals surface area contributed by atoms with Crippen LogP contribution in [-0.4, -0.2) is 61.1 Å². The molecule has 0 bridgehead atoms. The molecule has 10 nitrogen and oxygen atoms in total. The van der Waals surface area contributed by atoms with E-state index in [0.717, 1.165) is 13.4 Å². The summed E-state index contributed by atoms with van der Waals surface area (Å²) < 4.78 is 52.3. The molecule has 160 valence electrons. The minimum atomic E-state index is -3.72. The number of imidazole rings is 1. The van der Waals surface area contributed by atoms with Crippen LogP contribution in [0.3, 0.4) is 0 Å². The first-order valence-electron chi connectivity index (χ1n) is 8.46. The van der Waals surface area contributed by atoms with Gasteiger partial charge in [0.05, 0.1) is 65.1 Å². The van der Waals surface area contributed by atoms with Gasteiger partial charge in [0.15, 0.2) is 26.5 Å². The number of aromatic nitrogens is 3. The number of rotatable bonds is 7. The molecular formula is C18H19N3O7S2. The Bertz CT molecular complexity index is 1250. The van der Waals surface area contributed by atoms with Gasteiger partial charge >= 0.3 is 5.97 Å². The minimum absolute atomic E-state index is 0.0248. The van der Waals surface area contributed by atoms with Gasteiger partial charge in [-0.15, -0.1) is 0 Å². The number of nitrogens with one attached hydrogen (secondary N) is 1. The molecule has 0 spiro atoms. The summed E-state index contributed by atoms with van der Waals surface area (Å²) in [4.78, 5) is 23.1. The number of methoxy groups -OCH3 is 3. The molecule has 0 saturated heterocycles. The summed E-state index contributed by atoms with van der Waals surface area (Å²) in [6.45, 7) is 0. The molecule has 0 fully saturated rings. The van der Waals surface area contributed by atoms with Gasteiger partial charge in [0, 0.05) is 18.5 Å². The summed E-state index contributed by atoms with van der Waals surface area (Å²) in [7, 11) is -1.30. The molecule has 0 aliphatic carbocycles. The van der Waals surface area contributed by atoms with Gasteiger partial charge in [0.25, 0.3) is 0 Å². The quantitative estimate of drug-likeness (QED) is 0.527. The molecule has 1 aromatic carbocycles. The highest BCUT2D eigenvalue weighted by atomic mass is 32.2. The van der Waals surface area contributed by atoms with Crippen LogP contribution < -0.4 is 9.47 Å². The average molecular weight is 453 g/mol. The van der Waals surface area contributed by atoms with Gasteiger partial charge in [-0.3, -0.25) is 9.19 Å². The number of hydrogen-bond donors (Lipinski definition) is 1. The Morgan fingerprint density at radius 1 is 1.20 bits per heavy atom. The molecule has 30 heavy (non-hydrogen) atoms. The zero-order valence-electron chi connectivity index (χ0n) is 16.6. The third kappa shape index (κ3) is 4.14. The van der Waals surface area contributed by atoms with E-state index in [4.69, 9.17) is 9.47 Å². The van der Waals surface area contributed by atoms with Crippen LogP contribution in [0.1, 0.15) is 16.1 Å². The Balaban J connectivity index is 2.04. The second-order valence-corrected chi connectivity index (χ2v) is 9.50. The van der Waals surface area contributed by atoms with E-state index in [0.29, 0.717) is 22.7 Å². The van der Waals surface area contributed by atoms with Crippen LogP contribution in [0, 0.1) is 0 Å². The first kappa shape index (κ1) is 21.7. The minimum Gasteiger partial charge on any atom is -0.493 e. The van der Waals surface area contributed by atoms with Gasteiger partial charge in [-0.05, 0) is 12.1 Å². The molecule has 0 amide bonds. The maximum absolute atomic E-state index is 12.9. The molecule has 2 heterocycles. The van der Waals surface area contributed by atoms with E-state index in [1.807, 2.05) is 0 Å². The SMILES string of the molecule is COC(=O)c1cc2nc(S(=O)Cc3nccc(OC)c3OC)[nH]c2cc1S(C)(=O)=O. The Kier molecular flexibility index (Phi) is 6.08. The zero-order chi connectivity index (χ0) is 22.1. The highest BCUT2D eigenvalue weighted by molar-refractivity contribution is 7.90. The van der Waals surface area contributed by atoms with Crippen molar-refractivity contribution in [2.24, 2.45) is 0 Å². The van der Waals surface area contributed by atoms with E-state index < -0.39 is 26.6 Å². The van der Waals surface area contributed by atoms with Crippen molar-refractivity contribution >= 4 is 37.6 Å². The fraction of sp³-hybridized carbons (Fsp3) is 0.278. The van der Waals surface area contributed by atoms with E-state index in [1.54, 1.807) is 6.07 Å². The van der Waals surface area contributed by atoms with Crippen LogP contribution in [0.15, 0.2) is 34.4 Å².